The number of rotatable bonds is 2. The fraction of sp³-hybridized carbons (Fsp3) is 0. The van der Waals surface area contributed by atoms with Gasteiger partial charge in [0.05, 0.1) is 5.52 Å². The molecule has 0 amide bonds. The molecule has 2 N–H and O–H groups in total. The van der Waals surface area contributed by atoms with Crippen LogP contribution in [0.3, 0.4) is 0 Å². The fourth-order valence-electron chi connectivity index (χ4n) is 1.27. The van der Waals surface area contributed by atoms with Crippen molar-refractivity contribution in [3.8, 4) is 0 Å². The van der Waals surface area contributed by atoms with Crippen LogP contribution in [0.5, 0.6) is 0 Å². The van der Waals surface area contributed by atoms with E-state index in [-0.39, 0.29) is 5.69 Å². The Morgan fingerprint density at radius 1 is 1.50 bits per heavy atom. The van der Waals surface area contributed by atoms with Gasteiger partial charge in [-0.3, -0.25) is 9.89 Å². The number of nitrogens with one attached hydrogen (secondary N) is 1. The monoisotopic (exact) mass is 190 g/mol. The van der Waals surface area contributed by atoms with Crippen molar-refractivity contribution in [3.05, 3.63) is 29.5 Å². The summed E-state index contributed by atoms with van der Waals surface area (Å²) in [5.41, 5.74) is 1.00. The molecule has 0 atom stereocenters. The quantitative estimate of drug-likeness (QED) is 0.694. The number of H-pyrrole nitrogens is 1. The van der Waals surface area contributed by atoms with Gasteiger partial charge in [-0.1, -0.05) is 6.07 Å². The number of benzene rings is 1. The first kappa shape index (κ1) is 8.43. The van der Waals surface area contributed by atoms with Gasteiger partial charge in [0.15, 0.2) is 5.69 Å². The minimum atomic E-state index is -1.09. The third-order valence-corrected chi connectivity index (χ3v) is 1.93. The Kier molecular flexibility index (Phi) is 1.78. The normalized spacial score (nSPS) is 10.3. The maximum absolute atomic E-state index is 10.7. The lowest BCUT2D eigenvalue weighted by molar-refractivity contribution is 0.0692. The minimum Gasteiger partial charge on any atom is -0.476 e. The van der Waals surface area contributed by atoms with E-state index in [0.717, 1.165) is 0 Å². The van der Waals surface area contributed by atoms with E-state index in [1.807, 2.05) is 0 Å². The SMILES string of the molecule is O=Cc1ccc2c(C(=O)O)n[nH]c2c1. The number of nitrogens with zero attached hydrogens (tertiary/aromatic N) is 1. The zero-order valence-corrected chi connectivity index (χ0v) is 7.02. The van der Waals surface area contributed by atoms with Crippen LogP contribution in [0.15, 0.2) is 18.2 Å². The average Bonchev–Trinajstić information content (AvgIpc) is 2.59. The predicted molar refractivity (Wildman–Crippen MR) is 48.4 cm³/mol. The second-order valence-corrected chi connectivity index (χ2v) is 2.80. The van der Waals surface area contributed by atoms with E-state index < -0.39 is 5.97 Å². The number of aromatic nitrogens is 2. The van der Waals surface area contributed by atoms with Crippen LogP contribution < -0.4 is 0 Å². The van der Waals surface area contributed by atoms with E-state index in [4.69, 9.17) is 5.11 Å². The molecule has 2 aromatic rings. The second-order valence-electron chi connectivity index (χ2n) is 2.80. The smallest absolute Gasteiger partial charge is 0.357 e. The van der Waals surface area contributed by atoms with Crippen molar-refractivity contribution in [1.82, 2.24) is 10.2 Å². The molecule has 0 radical (unpaired) electrons. The Labute approximate surface area is 78.4 Å². The van der Waals surface area contributed by atoms with Crippen LogP contribution in [-0.2, 0) is 0 Å². The Morgan fingerprint density at radius 2 is 2.29 bits per heavy atom. The Balaban J connectivity index is 2.71. The van der Waals surface area contributed by atoms with Gasteiger partial charge in [-0.15, -0.1) is 0 Å². The first-order valence-electron chi connectivity index (χ1n) is 3.89. The number of hydrogen-bond donors (Lipinski definition) is 2. The minimum absolute atomic E-state index is 0.0301. The molecule has 70 valence electrons. The molecule has 0 aliphatic rings. The van der Waals surface area contributed by atoms with Crippen molar-refractivity contribution in [2.45, 2.75) is 0 Å². The van der Waals surface area contributed by atoms with E-state index in [1.165, 1.54) is 0 Å². The van der Waals surface area contributed by atoms with Crippen LogP contribution >= 0.6 is 0 Å². The Hall–Kier alpha value is -2.17. The number of fused-ring (bicyclic) bond motifs is 1. The summed E-state index contributed by atoms with van der Waals surface area (Å²) in [4.78, 5) is 21.1. The molecule has 0 aliphatic carbocycles. The summed E-state index contributed by atoms with van der Waals surface area (Å²) in [5, 5.41) is 15.4. The standard InChI is InChI=1S/C9H6N2O3/c12-4-5-1-2-6-7(3-5)10-11-8(6)9(13)14/h1-4H,(H,10,11)(H,13,14). The van der Waals surface area contributed by atoms with Gasteiger partial charge in [0.2, 0.25) is 0 Å². The van der Waals surface area contributed by atoms with Crippen molar-refractivity contribution in [3.63, 3.8) is 0 Å². The maximum atomic E-state index is 10.7. The number of carboxylic acids is 1. The molecule has 1 aromatic heterocycles. The highest BCUT2D eigenvalue weighted by Crippen LogP contribution is 2.16. The first-order valence-corrected chi connectivity index (χ1v) is 3.89. The third-order valence-electron chi connectivity index (χ3n) is 1.93. The van der Waals surface area contributed by atoms with Crippen molar-refractivity contribution in [1.29, 1.82) is 0 Å². The number of carbonyl (C=O) groups excluding carboxylic acids is 1. The average molecular weight is 190 g/mol. The van der Waals surface area contributed by atoms with Crippen molar-refractivity contribution >= 4 is 23.2 Å². The molecule has 14 heavy (non-hydrogen) atoms. The summed E-state index contributed by atoms with van der Waals surface area (Å²) < 4.78 is 0. The molecule has 2 rings (SSSR count). The summed E-state index contributed by atoms with van der Waals surface area (Å²) >= 11 is 0. The van der Waals surface area contributed by atoms with Gasteiger partial charge in [-0.05, 0) is 12.1 Å². The molecular formula is C9H6N2O3. The van der Waals surface area contributed by atoms with Crippen LogP contribution in [0.4, 0.5) is 0 Å². The van der Waals surface area contributed by atoms with Gasteiger partial charge in [-0.2, -0.15) is 5.10 Å². The van der Waals surface area contributed by atoms with Crippen molar-refractivity contribution < 1.29 is 14.7 Å². The van der Waals surface area contributed by atoms with Gasteiger partial charge in [-0.25, -0.2) is 4.79 Å². The van der Waals surface area contributed by atoms with Gasteiger partial charge >= 0.3 is 5.97 Å². The van der Waals surface area contributed by atoms with Crippen molar-refractivity contribution in [2.75, 3.05) is 0 Å². The molecule has 0 unspecified atom stereocenters. The maximum Gasteiger partial charge on any atom is 0.357 e. The number of carbonyl (C=O) groups is 2. The predicted octanol–water partition coefficient (Wildman–Crippen LogP) is 1.07. The molecule has 0 aliphatic heterocycles. The summed E-state index contributed by atoms with van der Waals surface area (Å²) in [7, 11) is 0. The number of aromatic carboxylic acids is 1. The second kappa shape index (κ2) is 2.95. The van der Waals surface area contributed by atoms with Crippen LogP contribution in [0.1, 0.15) is 20.8 Å². The van der Waals surface area contributed by atoms with Crippen LogP contribution in [-0.4, -0.2) is 27.6 Å². The van der Waals surface area contributed by atoms with Gasteiger partial charge in [0, 0.05) is 10.9 Å². The fourth-order valence-corrected chi connectivity index (χ4v) is 1.27. The highest BCUT2D eigenvalue weighted by Gasteiger charge is 2.12. The van der Waals surface area contributed by atoms with E-state index >= 15 is 0 Å². The summed E-state index contributed by atoms with van der Waals surface area (Å²) in [6.07, 6.45) is 0.695. The molecule has 5 nitrogen and oxygen atoms in total. The summed E-state index contributed by atoms with van der Waals surface area (Å²) in [6.45, 7) is 0. The largest absolute Gasteiger partial charge is 0.476 e. The lowest BCUT2D eigenvalue weighted by Crippen LogP contribution is -1.96. The van der Waals surface area contributed by atoms with Crippen LogP contribution in [0, 0.1) is 0 Å². The lowest BCUT2D eigenvalue weighted by atomic mass is 10.1. The van der Waals surface area contributed by atoms with E-state index in [1.54, 1.807) is 18.2 Å². The molecule has 0 spiro atoms. The lowest BCUT2D eigenvalue weighted by Gasteiger charge is -1.91. The number of aromatic amines is 1. The Morgan fingerprint density at radius 3 is 2.93 bits per heavy atom. The zero-order valence-electron chi connectivity index (χ0n) is 7.02. The zero-order chi connectivity index (χ0) is 10.1. The highest BCUT2D eigenvalue weighted by atomic mass is 16.4. The van der Waals surface area contributed by atoms with Crippen LogP contribution in [0.25, 0.3) is 10.9 Å². The molecule has 0 saturated carbocycles. The molecule has 0 bridgehead atoms. The number of hydrogen-bond acceptors (Lipinski definition) is 3. The molecule has 5 heteroatoms. The molecule has 1 heterocycles. The number of carboxylic acid groups (broad SMARTS) is 1. The van der Waals surface area contributed by atoms with E-state index in [0.29, 0.717) is 22.8 Å². The topological polar surface area (TPSA) is 83.1 Å². The molecule has 1 aromatic carbocycles. The Bertz CT molecular complexity index is 516. The van der Waals surface area contributed by atoms with Gasteiger partial charge in [0.1, 0.15) is 6.29 Å². The third kappa shape index (κ3) is 1.15. The summed E-state index contributed by atoms with van der Waals surface area (Å²) in [6, 6.07) is 4.67. The highest BCUT2D eigenvalue weighted by molar-refractivity contribution is 6.01. The first-order chi connectivity index (χ1) is 6.72. The summed E-state index contributed by atoms with van der Waals surface area (Å²) in [5.74, 6) is -1.09. The van der Waals surface area contributed by atoms with Crippen molar-refractivity contribution in [2.24, 2.45) is 0 Å². The van der Waals surface area contributed by atoms with Gasteiger partial charge < -0.3 is 5.11 Å². The van der Waals surface area contributed by atoms with Crippen LogP contribution in [0.2, 0.25) is 0 Å². The molecule has 0 saturated heterocycles. The van der Waals surface area contributed by atoms with E-state index in [2.05, 4.69) is 10.2 Å². The molecule has 0 fully saturated rings. The van der Waals surface area contributed by atoms with E-state index in [9.17, 15) is 9.59 Å². The molecular weight excluding hydrogens is 184 g/mol. The van der Waals surface area contributed by atoms with Gasteiger partial charge in [0.25, 0.3) is 0 Å². The number of aldehydes is 1.